The van der Waals surface area contributed by atoms with Crippen molar-refractivity contribution < 1.29 is 13.5 Å². The van der Waals surface area contributed by atoms with E-state index >= 15 is 0 Å². The Morgan fingerprint density at radius 1 is 1.26 bits per heavy atom. The van der Waals surface area contributed by atoms with Crippen LogP contribution in [-0.2, 0) is 4.74 Å². The molecule has 2 aromatic rings. The van der Waals surface area contributed by atoms with Crippen molar-refractivity contribution >= 4 is 35.8 Å². The molecule has 2 heterocycles. The molecule has 0 atom stereocenters. The summed E-state index contributed by atoms with van der Waals surface area (Å²) in [5.41, 5.74) is 2.00. The third kappa shape index (κ3) is 5.92. The smallest absolute Gasteiger partial charge is 0.239 e. The van der Waals surface area contributed by atoms with Crippen molar-refractivity contribution in [3.8, 4) is 0 Å². The quantitative estimate of drug-likeness (QED) is 0.347. The molecule has 150 valence electrons. The first-order valence-electron chi connectivity index (χ1n) is 8.74. The van der Waals surface area contributed by atoms with Gasteiger partial charge in [-0.3, -0.25) is 19.6 Å². The summed E-state index contributed by atoms with van der Waals surface area (Å²) in [5.74, 6) is -0.909. The first-order chi connectivity index (χ1) is 13.0. The van der Waals surface area contributed by atoms with Gasteiger partial charge in [-0.15, -0.1) is 12.6 Å². The van der Waals surface area contributed by atoms with E-state index in [0.717, 1.165) is 42.9 Å². The van der Waals surface area contributed by atoms with Crippen LogP contribution < -0.4 is 4.90 Å². The van der Waals surface area contributed by atoms with Crippen LogP contribution in [0.4, 0.5) is 14.5 Å². The zero-order valence-electron chi connectivity index (χ0n) is 15.9. The lowest BCUT2D eigenvalue weighted by molar-refractivity contribution is 0.462. The van der Waals surface area contributed by atoms with Gasteiger partial charge in [0, 0.05) is 24.2 Å². The van der Waals surface area contributed by atoms with Crippen LogP contribution in [0.5, 0.6) is 0 Å². The Morgan fingerprint density at radius 2 is 1.96 bits per heavy atom. The Kier molecular flexibility index (Phi) is 9.77. The number of hydrogen-bond acceptors (Lipinski definition) is 6. The fourth-order valence-corrected chi connectivity index (χ4v) is 2.87. The van der Waals surface area contributed by atoms with Gasteiger partial charge in [0.05, 0.1) is 19.1 Å². The van der Waals surface area contributed by atoms with Crippen molar-refractivity contribution in [1.82, 2.24) is 9.38 Å². The summed E-state index contributed by atoms with van der Waals surface area (Å²) in [6, 6.07) is 1.97. The second-order valence-corrected chi connectivity index (χ2v) is 6.27. The number of halogens is 2. The second-order valence-electron chi connectivity index (χ2n) is 5.75. The molecule has 0 aliphatic rings. The van der Waals surface area contributed by atoms with Crippen molar-refractivity contribution in [3.05, 3.63) is 24.2 Å². The summed E-state index contributed by atoms with van der Waals surface area (Å²) >= 11 is 4.47. The Hall–Kier alpha value is -2.16. The summed E-state index contributed by atoms with van der Waals surface area (Å²) in [6.45, 7) is 5.05. The van der Waals surface area contributed by atoms with Crippen molar-refractivity contribution in [1.29, 1.82) is 10.8 Å². The monoisotopic (exact) mass is 399 g/mol. The van der Waals surface area contributed by atoms with E-state index in [4.69, 9.17) is 15.6 Å². The van der Waals surface area contributed by atoms with Crippen LogP contribution >= 0.6 is 12.6 Å². The summed E-state index contributed by atoms with van der Waals surface area (Å²) in [5, 5.41) is 15.2. The maximum Gasteiger partial charge on any atom is 0.239 e. The largest absolute Gasteiger partial charge is 0.421 e. The number of fused-ring (bicyclic) bond motifs is 1. The number of aromatic nitrogens is 2. The molecule has 6 nitrogen and oxygen atoms in total. The van der Waals surface area contributed by atoms with Gasteiger partial charge in [0.2, 0.25) is 11.8 Å². The Balaban J connectivity index is 0.00000176. The van der Waals surface area contributed by atoms with Crippen molar-refractivity contribution in [2.75, 3.05) is 31.8 Å². The molecule has 0 fully saturated rings. The van der Waals surface area contributed by atoms with Gasteiger partial charge < -0.3 is 9.64 Å². The summed E-state index contributed by atoms with van der Waals surface area (Å²) < 4.78 is 28.6. The third-order valence-electron chi connectivity index (χ3n) is 3.77. The number of alkyl halides is 2. The van der Waals surface area contributed by atoms with Gasteiger partial charge in [-0.2, -0.15) is 0 Å². The van der Waals surface area contributed by atoms with Gasteiger partial charge in [-0.25, -0.2) is 9.37 Å². The third-order valence-corrected chi connectivity index (χ3v) is 4.01. The highest BCUT2D eigenvalue weighted by Crippen LogP contribution is 2.26. The molecule has 2 aromatic heterocycles. The molecule has 0 aliphatic heterocycles. The number of thiol groups is 1. The van der Waals surface area contributed by atoms with Gasteiger partial charge in [0.1, 0.15) is 5.69 Å². The lowest BCUT2D eigenvalue weighted by Crippen LogP contribution is -2.26. The SMILES string of the molecule is CCCCN(CCC)c1cc(S)cn2c(C(=N)OC(=N)CF)cnc12.CF. The Morgan fingerprint density at radius 3 is 2.56 bits per heavy atom. The van der Waals surface area contributed by atoms with Crippen LogP contribution in [0.1, 0.15) is 38.8 Å². The van der Waals surface area contributed by atoms with E-state index in [9.17, 15) is 8.78 Å². The van der Waals surface area contributed by atoms with E-state index in [0.29, 0.717) is 18.5 Å². The fourth-order valence-electron chi connectivity index (χ4n) is 2.63. The number of unbranched alkanes of at least 4 members (excludes halogenated alkanes) is 1. The molecule has 0 spiro atoms. The number of imidazole rings is 1. The molecular weight excluding hydrogens is 372 g/mol. The molecule has 0 bridgehead atoms. The minimum atomic E-state index is -1.05. The van der Waals surface area contributed by atoms with E-state index < -0.39 is 12.6 Å². The normalized spacial score (nSPS) is 10.3. The van der Waals surface area contributed by atoms with Crippen LogP contribution in [0, 0.1) is 10.8 Å². The zero-order chi connectivity index (χ0) is 20.4. The van der Waals surface area contributed by atoms with Gasteiger partial charge in [-0.1, -0.05) is 20.3 Å². The van der Waals surface area contributed by atoms with Crippen LogP contribution in [-0.4, -0.2) is 48.1 Å². The van der Waals surface area contributed by atoms with Crippen molar-refractivity contribution in [3.63, 3.8) is 0 Å². The lowest BCUT2D eigenvalue weighted by atomic mass is 10.2. The molecule has 0 unspecified atom stereocenters. The van der Waals surface area contributed by atoms with Crippen LogP contribution in [0.25, 0.3) is 5.65 Å². The minimum Gasteiger partial charge on any atom is -0.421 e. The minimum absolute atomic E-state index is 0.310. The zero-order valence-corrected chi connectivity index (χ0v) is 16.8. The maximum atomic E-state index is 12.5. The molecule has 27 heavy (non-hydrogen) atoms. The maximum absolute atomic E-state index is 12.5. The summed E-state index contributed by atoms with van der Waals surface area (Å²) in [4.78, 5) is 7.42. The van der Waals surface area contributed by atoms with Gasteiger partial charge in [-0.05, 0) is 18.9 Å². The predicted molar refractivity (Wildman–Crippen MR) is 109 cm³/mol. The van der Waals surface area contributed by atoms with E-state index in [1.807, 2.05) is 6.07 Å². The molecular formula is C18H27F2N5OS. The molecule has 2 N–H and O–H groups in total. The molecule has 0 amide bonds. The predicted octanol–water partition coefficient (Wildman–Crippen LogP) is 4.51. The molecule has 0 radical (unpaired) electrons. The summed E-state index contributed by atoms with van der Waals surface area (Å²) in [6.07, 6.45) is 6.42. The number of ether oxygens (including phenoxy) is 1. The highest BCUT2D eigenvalue weighted by atomic mass is 32.1. The number of anilines is 1. The number of hydrogen-bond donors (Lipinski definition) is 3. The van der Waals surface area contributed by atoms with E-state index in [2.05, 4.69) is 36.4 Å². The average Bonchev–Trinajstić information content (AvgIpc) is 3.09. The van der Waals surface area contributed by atoms with Crippen LogP contribution in [0.3, 0.4) is 0 Å². The van der Waals surface area contributed by atoms with Gasteiger partial charge in [0.25, 0.3) is 0 Å². The van der Waals surface area contributed by atoms with Gasteiger partial charge >= 0.3 is 0 Å². The molecule has 0 saturated carbocycles. The van der Waals surface area contributed by atoms with Crippen LogP contribution in [0.2, 0.25) is 0 Å². The lowest BCUT2D eigenvalue weighted by Gasteiger charge is -2.25. The molecule has 0 aromatic carbocycles. The molecule has 2 rings (SSSR count). The standard InChI is InChI=1S/C17H24FN5OS.CH3F/c1-3-5-7-22(6-4-2)13-8-12(25)11-23-14(10-21-17(13)23)16(20)24-15(19)9-18;1-2/h8,10-11,19-20,25H,3-7,9H2,1-2H3;1H3. The van der Waals surface area contributed by atoms with Gasteiger partial charge in [0.15, 0.2) is 12.3 Å². The highest BCUT2D eigenvalue weighted by Gasteiger charge is 2.18. The highest BCUT2D eigenvalue weighted by molar-refractivity contribution is 7.80. The molecule has 0 saturated heterocycles. The van der Waals surface area contributed by atoms with Crippen molar-refractivity contribution in [2.45, 2.75) is 38.0 Å². The van der Waals surface area contributed by atoms with Crippen molar-refractivity contribution in [2.24, 2.45) is 0 Å². The number of rotatable bonds is 8. The number of nitrogens with zero attached hydrogens (tertiary/aromatic N) is 3. The second kappa shape index (κ2) is 11.5. The first-order valence-corrected chi connectivity index (χ1v) is 9.19. The van der Waals surface area contributed by atoms with E-state index in [1.54, 1.807) is 10.6 Å². The summed E-state index contributed by atoms with van der Waals surface area (Å²) in [7, 11) is 0.500. The Labute approximate surface area is 164 Å². The van der Waals surface area contributed by atoms with E-state index in [1.165, 1.54) is 6.20 Å². The topological polar surface area (TPSA) is 77.5 Å². The van der Waals surface area contributed by atoms with E-state index in [-0.39, 0.29) is 5.90 Å². The van der Waals surface area contributed by atoms with Crippen LogP contribution in [0.15, 0.2) is 23.4 Å². The molecule has 9 heteroatoms. The Bertz CT molecular complexity index is 766. The average molecular weight is 400 g/mol. The number of nitrogens with one attached hydrogen (secondary N) is 2. The first kappa shape index (κ1) is 22.9. The fraction of sp³-hybridized carbons (Fsp3) is 0.500. The number of pyridine rings is 1. The molecule has 0 aliphatic carbocycles.